The summed E-state index contributed by atoms with van der Waals surface area (Å²) in [6, 6.07) is 8.25. The van der Waals surface area contributed by atoms with E-state index >= 15 is 0 Å². The third-order valence-corrected chi connectivity index (χ3v) is 4.66. The summed E-state index contributed by atoms with van der Waals surface area (Å²) in [5.74, 6) is 0.902. The Kier molecular flexibility index (Phi) is 4.64. The van der Waals surface area contributed by atoms with Gasteiger partial charge in [0.05, 0.1) is 0 Å². The van der Waals surface area contributed by atoms with Crippen LogP contribution in [-0.2, 0) is 6.54 Å². The van der Waals surface area contributed by atoms with Crippen LogP contribution in [0.15, 0.2) is 30.5 Å². The molecule has 1 fully saturated rings. The number of benzene rings is 1. The molecule has 3 heteroatoms. The van der Waals surface area contributed by atoms with E-state index in [1.807, 2.05) is 6.07 Å². The van der Waals surface area contributed by atoms with Gasteiger partial charge in [-0.1, -0.05) is 36.9 Å². The molecule has 2 aromatic rings. The lowest BCUT2D eigenvalue weighted by Crippen LogP contribution is -2.27. The lowest BCUT2D eigenvalue weighted by Gasteiger charge is -2.21. The number of hydrogen-bond donors (Lipinski definition) is 1. The SMILES string of the molecule is Clc1ccc2ccn(CCNCC3CCCCC3)c2c1. The zero-order valence-corrected chi connectivity index (χ0v) is 12.7. The van der Waals surface area contributed by atoms with Crippen LogP contribution >= 0.6 is 11.6 Å². The van der Waals surface area contributed by atoms with E-state index in [0.717, 1.165) is 24.0 Å². The molecule has 0 saturated heterocycles. The molecule has 3 rings (SSSR count). The van der Waals surface area contributed by atoms with Crippen LogP contribution in [0, 0.1) is 5.92 Å². The third-order valence-electron chi connectivity index (χ3n) is 4.42. The minimum Gasteiger partial charge on any atom is -0.346 e. The van der Waals surface area contributed by atoms with Gasteiger partial charge < -0.3 is 9.88 Å². The Morgan fingerprint density at radius 1 is 1.15 bits per heavy atom. The van der Waals surface area contributed by atoms with Crippen molar-refractivity contribution in [2.45, 2.75) is 38.6 Å². The highest BCUT2D eigenvalue weighted by Crippen LogP contribution is 2.23. The van der Waals surface area contributed by atoms with Crippen molar-refractivity contribution in [3.63, 3.8) is 0 Å². The van der Waals surface area contributed by atoms with E-state index in [1.165, 1.54) is 49.6 Å². The van der Waals surface area contributed by atoms with E-state index in [1.54, 1.807) is 0 Å². The molecule has 1 aliphatic carbocycles. The highest BCUT2D eigenvalue weighted by molar-refractivity contribution is 6.31. The Labute approximate surface area is 126 Å². The van der Waals surface area contributed by atoms with Crippen LogP contribution in [0.4, 0.5) is 0 Å². The summed E-state index contributed by atoms with van der Waals surface area (Å²) in [5.41, 5.74) is 1.23. The van der Waals surface area contributed by atoms with Crippen molar-refractivity contribution < 1.29 is 0 Å². The molecule has 0 atom stereocenters. The van der Waals surface area contributed by atoms with Gasteiger partial charge in [0, 0.05) is 29.8 Å². The van der Waals surface area contributed by atoms with Crippen molar-refractivity contribution in [2.24, 2.45) is 5.92 Å². The van der Waals surface area contributed by atoms with Crippen molar-refractivity contribution in [1.82, 2.24) is 9.88 Å². The monoisotopic (exact) mass is 290 g/mol. The maximum Gasteiger partial charge on any atom is 0.0495 e. The second-order valence-electron chi connectivity index (χ2n) is 5.92. The molecule has 108 valence electrons. The van der Waals surface area contributed by atoms with Gasteiger partial charge in [-0.05, 0) is 48.9 Å². The van der Waals surface area contributed by atoms with Gasteiger partial charge in [0.1, 0.15) is 0 Å². The zero-order valence-electron chi connectivity index (χ0n) is 11.9. The Hall–Kier alpha value is -0.990. The average Bonchev–Trinajstić information content (AvgIpc) is 2.87. The Morgan fingerprint density at radius 3 is 2.85 bits per heavy atom. The lowest BCUT2D eigenvalue weighted by atomic mass is 9.89. The van der Waals surface area contributed by atoms with Crippen molar-refractivity contribution >= 4 is 22.5 Å². The third kappa shape index (κ3) is 3.36. The standard InChI is InChI=1S/C17H23ClN2/c18-16-7-6-15-8-10-20(17(15)12-16)11-9-19-13-14-4-2-1-3-5-14/h6-8,10,12,14,19H,1-5,9,11,13H2. The number of hydrogen-bond acceptors (Lipinski definition) is 1. The summed E-state index contributed by atoms with van der Waals surface area (Å²) in [5, 5.41) is 5.70. The molecular formula is C17H23ClN2. The van der Waals surface area contributed by atoms with E-state index in [4.69, 9.17) is 11.6 Å². The first-order valence-electron chi connectivity index (χ1n) is 7.78. The second kappa shape index (κ2) is 6.64. The fourth-order valence-electron chi connectivity index (χ4n) is 3.25. The molecule has 1 N–H and O–H groups in total. The number of nitrogens with zero attached hydrogens (tertiary/aromatic N) is 1. The number of fused-ring (bicyclic) bond motifs is 1. The van der Waals surface area contributed by atoms with Gasteiger partial charge in [0.25, 0.3) is 0 Å². The molecule has 0 amide bonds. The molecule has 1 saturated carbocycles. The lowest BCUT2D eigenvalue weighted by molar-refractivity contribution is 0.341. The largest absolute Gasteiger partial charge is 0.346 e. The maximum atomic E-state index is 6.08. The van der Waals surface area contributed by atoms with Crippen molar-refractivity contribution in [3.8, 4) is 0 Å². The number of aromatic nitrogens is 1. The summed E-state index contributed by atoms with van der Waals surface area (Å²) < 4.78 is 2.29. The summed E-state index contributed by atoms with van der Waals surface area (Å²) in [6.45, 7) is 3.23. The highest BCUT2D eigenvalue weighted by atomic mass is 35.5. The van der Waals surface area contributed by atoms with Crippen LogP contribution < -0.4 is 5.32 Å². The minimum absolute atomic E-state index is 0.813. The van der Waals surface area contributed by atoms with Crippen LogP contribution in [0.25, 0.3) is 10.9 Å². The quantitative estimate of drug-likeness (QED) is 0.804. The molecule has 1 heterocycles. The summed E-state index contributed by atoms with van der Waals surface area (Å²) in [4.78, 5) is 0. The first-order chi connectivity index (χ1) is 9.83. The summed E-state index contributed by atoms with van der Waals surface area (Å²) >= 11 is 6.08. The normalized spacial score (nSPS) is 16.9. The fraction of sp³-hybridized carbons (Fsp3) is 0.529. The van der Waals surface area contributed by atoms with Gasteiger partial charge >= 0.3 is 0 Å². The molecule has 0 spiro atoms. The predicted molar refractivity (Wildman–Crippen MR) is 86.4 cm³/mol. The molecule has 2 nitrogen and oxygen atoms in total. The molecule has 1 aliphatic rings. The van der Waals surface area contributed by atoms with Gasteiger partial charge in [-0.15, -0.1) is 0 Å². The summed E-state index contributed by atoms with van der Waals surface area (Å²) in [6.07, 6.45) is 9.26. The van der Waals surface area contributed by atoms with Crippen LogP contribution in [0.1, 0.15) is 32.1 Å². The van der Waals surface area contributed by atoms with Gasteiger partial charge in [-0.25, -0.2) is 0 Å². The van der Waals surface area contributed by atoms with Gasteiger partial charge in [-0.3, -0.25) is 0 Å². The number of rotatable bonds is 5. The first kappa shape index (κ1) is 14.0. The molecule has 1 aromatic carbocycles. The number of nitrogens with one attached hydrogen (secondary N) is 1. The smallest absolute Gasteiger partial charge is 0.0495 e. The van der Waals surface area contributed by atoms with Crippen LogP contribution in [0.5, 0.6) is 0 Å². The maximum absolute atomic E-state index is 6.08. The van der Waals surface area contributed by atoms with Crippen LogP contribution in [0.2, 0.25) is 5.02 Å². The Balaban J connectivity index is 1.50. The van der Waals surface area contributed by atoms with E-state index in [9.17, 15) is 0 Å². The molecule has 0 unspecified atom stereocenters. The fourth-order valence-corrected chi connectivity index (χ4v) is 3.42. The van der Waals surface area contributed by atoms with Crippen LogP contribution in [0.3, 0.4) is 0 Å². The van der Waals surface area contributed by atoms with E-state index in [0.29, 0.717) is 0 Å². The highest BCUT2D eigenvalue weighted by Gasteiger charge is 2.12. The molecule has 0 radical (unpaired) electrons. The number of halogens is 1. The van der Waals surface area contributed by atoms with Gasteiger partial charge in [0.2, 0.25) is 0 Å². The Bertz CT molecular complexity index is 555. The van der Waals surface area contributed by atoms with Crippen molar-refractivity contribution in [3.05, 3.63) is 35.5 Å². The predicted octanol–water partition coefficient (Wildman–Crippen LogP) is 4.46. The molecule has 20 heavy (non-hydrogen) atoms. The summed E-state index contributed by atoms with van der Waals surface area (Å²) in [7, 11) is 0. The Morgan fingerprint density at radius 2 is 2.00 bits per heavy atom. The van der Waals surface area contributed by atoms with E-state index in [-0.39, 0.29) is 0 Å². The second-order valence-corrected chi connectivity index (χ2v) is 6.36. The van der Waals surface area contributed by atoms with Gasteiger partial charge in [-0.2, -0.15) is 0 Å². The zero-order chi connectivity index (χ0) is 13.8. The molecule has 1 aromatic heterocycles. The minimum atomic E-state index is 0.813. The van der Waals surface area contributed by atoms with Crippen molar-refractivity contribution in [1.29, 1.82) is 0 Å². The topological polar surface area (TPSA) is 17.0 Å². The molecular weight excluding hydrogens is 268 g/mol. The van der Waals surface area contributed by atoms with E-state index < -0.39 is 0 Å². The van der Waals surface area contributed by atoms with E-state index in [2.05, 4.69) is 34.3 Å². The average molecular weight is 291 g/mol. The first-order valence-corrected chi connectivity index (χ1v) is 8.16. The van der Waals surface area contributed by atoms with Gasteiger partial charge in [0.15, 0.2) is 0 Å². The van der Waals surface area contributed by atoms with Crippen molar-refractivity contribution in [2.75, 3.05) is 13.1 Å². The molecule has 0 aliphatic heterocycles. The van der Waals surface area contributed by atoms with Crippen LogP contribution in [-0.4, -0.2) is 17.7 Å². The molecule has 0 bridgehead atoms.